The van der Waals surface area contributed by atoms with E-state index in [1.807, 2.05) is 0 Å². The highest BCUT2D eigenvalue weighted by Gasteiger charge is 2.06. The van der Waals surface area contributed by atoms with Crippen molar-refractivity contribution in [1.29, 1.82) is 0 Å². The summed E-state index contributed by atoms with van der Waals surface area (Å²) in [5.74, 6) is 0.557. The van der Waals surface area contributed by atoms with E-state index < -0.39 is 9.84 Å². The van der Waals surface area contributed by atoms with E-state index in [9.17, 15) is 8.42 Å². The van der Waals surface area contributed by atoms with Crippen LogP contribution in [0.15, 0.2) is 17.4 Å². The van der Waals surface area contributed by atoms with Gasteiger partial charge in [-0.05, 0) is 0 Å². The van der Waals surface area contributed by atoms with Gasteiger partial charge >= 0.3 is 0 Å². The van der Waals surface area contributed by atoms with Gasteiger partial charge < -0.3 is 0 Å². The molecule has 0 aromatic carbocycles. The van der Waals surface area contributed by atoms with Crippen LogP contribution in [0.5, 0.6) is 0 Å². The van der Waals surface area contributed by atoms with Crippen LogP contribution in [0.3, 0.4) is 0 Å². The van der Waals surface area contributed by atoms with E-state index in [-0.39, 0.29) is 5.75 Å². The van der Waals surface area contributed by atoms with Crippen LogP contribution < -0.4 is 0 Å². The fourth-order valence-corrected chi connectivity index (χ4v) is 3.01. The SMILES string of the molecule is CS(=O)(=O)CCSc1nccnc1Cl. The highest BCUT2D eigenvalue weighted by atomic mass is 35.5. The van der Waals surface area contributed by atoms with E-state index in [2.05, 4.69) is 9.97 Å². The van der Waals surface area contributed by atoms with Crippen molar-refractivity contribution in [1.82, 2.24) is 9.97 Å². The molecule has 1 aromatic heterocycles. The number of hydrogen-bond donors (Lipinski definition) is 0. The Hall–Kier alpha value is -0.330. The third-order valence-corrected chi connectivity index (χ3v) is 3.89. The molecule has 1 heterocycles. The molecular weight excluding hydrogens is 244 g/mol. The van der Waals surface area contributed by atoms with Crippen LogP contribution in [-0.4, -0.2) is 36.1 Å². The lowest BCUT2D eigenvalue weighted by Gasteiger charge is -2.00. The number of hydrogen-bond acceptors (Lipinski definition) is 5. The number of nitrogens with zero attached hydrogens (tertiary/aromatic N) is 2. The minimum Gasteiger partial charge on any atom is -0.245 e. The number of thioether (sulfide) groups is 1. The second-order valence-corrected chi connectivity index (χ2v) is 6.33. The van der Waals surface area contributed by atoms with Gasteiger partial charge in [0.2, 0.25) is 0 Å². The highest BCUT2D eigenvalue weighted by Crippen LogP contribution is 2.21. The average molecular weight is 253 g/mol. The number of sulfone groups is 1. The van der Waals surface area contributed by atoms with Gasteiger partial charge in [-0.15, -0.1) is 11.8 Å². The Balaban J connectivity index is 2.51. The van der Waals surface area contributed by atoms with Crippen LogP contribution in [0.25, 0.3) is 0 Å². The predicted octanol–water partition coefficient (Wildman–Crippen LogP) is 1.27. The first-order valence-electron chi connectivity index (χ1n) is 3.76. The van der Waals surface area contributed by atoms with Crippen molar-refractivity contribution in [2.75, 3.05) is 17.8 Å². The van der Waals surface area contributed by atoms with Crippen LogP contribution in [0.4, 0.5) is 0 Å². The van der Waals surface area contributed by atoms with Crippen molar-refractivity contribution in [3.8, 4) is 0 Å². The zero-order valence-corrected chi connectivity index (χ0v) is 9.86. The lowest BCUT2D eigenvalue weighted by Crippen LogP contribution is -2.05. The number of aromatic nitrogens is 2. The molecule has 0 bridgehead atoms. The maximum atomic E-state index is 10.8. The smallest absolute Gasteiger partial charge is 0.161 e. The minimum atomic E-state index is -2.92. The van der Waals surface area contributed by atoms with Crippen molar-refractivity contribution < 1.29 is 8.42 Å². The maximum Gasteiger partial charge on any atom is 0.161 e. The summed E-state index contributed by atoms with van der Waals surface area (Å²) in [6, 6.07) is 0. The van der Waals surface area contributed by atoms with Crippen molar-refractivity contribution in [2.24, 2.45) is 0 Å². The summed E-state index contributed by atoms with van der Waals surface area (Å²) in [5.41, 5.74) is 0. The van der Waals surface area contributed by atoms with Crippen LogP contribution in [0, 0.1) is 0 Å². The van der Waals surface area contributed by atoms with E-state index in [0.717, 1.165) is 0 Å². The van der Waals surface area contributed by atoms with Gasteiger partial charge in [0.05, 0.1) is 5.75 Å². The fraction of sp³-hybridized carbons (Fsp3) is 0.429. The summed E-state index contributed by atoms with van der Waals surface area (Å²) >= 11 is 7.02. The van der Waals surface area contributed by atoms with E-state index in [1.54, 1.807) is 0 Å². The Kier molecular flexibility index (Phi) is 4.15. The molecule has 0 aliphatic rings. The molecule has 7 heteroatoms. The zero-order chi connectivity index (χ0) is 10.6. The summed E-state index contributed by atoms with van der Waals surface area (Å²) in [5, 5.41) is 0.879. The van der Waals surface area contributed by atoms with Gasteiger partial charge in [0, 0.05) is 24.4 Å². The van der Waals surface area contributed by atoms with Crippen molar-refractivity contribution in [3.05, 3.63) is 17.5 Å². The van der Waals surface area contributed by atoms with Gasteiger partial charge in [0.25, 0.3) is 0 Å². The predicted molar refractivity (Wildman–Crippen MR) is 57.5 cm³/mol. The van der Waals surface area contributed by atoms with Crippen molar-refractivity contribution >= 4 is 33.2 Å². The lowest BCUT2D eigenvalue weighted by molar-refractivity contribution is 0.603. The molecule has 0 amide bonds. The molecule has 4 nitrogen and oxygen atoms in total. The minimum absolute atomic E-state index is 0.116. The molecule has 0 spiro atoms. The Bertz CT molecular complexity index is 408. The lowest BCUT2D eigenvalue weighted by atomic mass is 10.8. The molecule has 0 fully saturated rings. The van der Waals surface area contributed by atoms with E-state index >= 15 is 0 Å². The number of halogens is 1. The monoisotopic (exact) mass is 252 g/mol. The molecule has 78 valence electrons. The normalized spacial score (nSPS) is 11.6. The van der Waals surface area contributed by atoms with Gasteiger partial charge in [-0.25, -0.2) is 18.4 Å². The molecule has 1 aromatic rings. The first kappa shape index (κ1) is 11.7. The Labute approximate surface area is 92.0 Å². The quantitative estimate of drug-likeness (QED) is 0.756. The van der Waals surface area contributed by atoms with Gasteiger partial charge in [-0.3, -0.25) is 0 Å². The average Bonchev–Trinajstić information content (AvgIpc) is 2.06. The van der Waals surface area contributed by atoms with Crippen molar-refractivity contribution in [3.63, 3.8) is 0 Å². The molecule has 0 atom stereocenters. The summed E-state index contributed by atoms with van der Waals surface area (Å²) in [7, 11) is -2.92. The second kappa shape index (κ2) is 4.95. The standard InChI is InChI=1S/C7H9ClN2O2S2/c1-14(11,12)5-4-13-7-6(8)9-2-3-10-7/h2-3H,4-5H2,1H3. The largest absolute Gasteiger partial charge is 0.245 e. The van der Waals surface area contributed by atoms with Gasteiger partial charge in [-0.2, -0.15) is 0 Å². The maximum absolute atomic E-state index is 10.8. The van der Waals surface area contributed by atoms with Crippen molar-refractivity contribution in [2.45, 2.75) is 5.03 Å². The van der Waals surface area contributed by atoms with Crippen LogP contribution in [0.2, 0.25) is 5.15 Å². The fourth-order valence-electron chi connectivity index (χ4n) is 0.695. The molecule has 0 saturated heterocycles. The first-order chi connectivity index (χ1) is 6.49. The van der Waals surface area contributed by atoms with E-state index in [4.69, 9.17) is 11.6 Å². The molecule has 0 unspecified atom stereocenters. The summed E-state index contributed by atoms with van der Waals surface area (Å²) in [4.78, 5) is 7.80. The number of rotatable bonds is 4. The molecule has 0 radical (unpaired) electrons. The van der Waals surface area contributed by atoms with Gasteiger partial charge in [-0.1, -0.05) is 11.6 Å². The van der Waals surface area contributed by atoms with Crippen LogP contribution in [-0.2, 0) is 9.84 Å². The molecule has 0 aliphatic heterocycles. The first-order valence-corrected chi connectivity index (χ1v) is 7.18. The van der Waals surface area contributed by atoms with Gasteiger partial charge in [0.1, 0.15) is 14.9 Å². The Morgan fingerprint density at radius 2 is 2.07 bits per heavy atom. The summed E-state index contributed by atoms with van der Waals surface area (Å²) < 4.78 is 21.6. The van der Waals surface area contributed by atoms with E-state index in [1.165, 1.54) is 30.4 Å². The molecule has 1 rings (SSSR count). The summed E-state index contributed by atoms with van der Waals surface area (Å²) in [6.45, 7) is 0. The summed E-state index contributed by atoms with van der Waals surface area (Å²) in [6.07, 6.45) is 4.21. The third-order valence-electron chi connectivity index (χ3n) is 1.32. The topological polar surface area (TPSA) is 59.9 Å². The Morgan fingerprint density at radius 3 is 2.64 bits per heavy atom. The van der Waals surface area contributed by atoms with Crippen LogP contribution in [0.1, 0.15) is 0 Å². The van der Waals surface area contributed by atoms with E-state index in [0.29, 0.717) is 15.9 Å². The third kappa shape index (κ3) is 4.26. The Morgan fingerprint density at radius 1 is 1.43 bits per heavy atom. The zero-order valence-electron chi connectivity index (χ0n) is 7.47. The molecule has 0 N–H and O–H groups in total. The molecular formula is C7H9ClN2O2S2. The molecule has 0 aliphatic carbocycles. The van der Waals surface area contributed by atoms with Gasteiger partial charge in [0.15, 0.2) is 5.15 Å². The molecule has 0 saturated carbocycles. The molecule has 14 heavy (non-hydrogen) atoms. The van der Waals surface area contributed by atoms with Crippen LogP contribution >= 0.6 is 23.4 Å². The highest BCUT2D eigenvalue weighted by molar-refractivity contribution is 8.00. The second-order valence-electron chi connectivity index (χ2n) is 2.63.